The Morgan fingerprint density at radius 3 is 2.26 bits per heavy atom. The Kier molecular flexibility index (Phi) is 8.27. The van der Waals surface area contributed by atoms with Gasteiger partial charge in [0, 0.05) is 37.5 Å². The minimum absolute atomic E-state index is 0.0533. The molecule has 1 amide bonds. The zero-order chi connectivity index (χ0) is 32.4. The highest BCUT2D eigenvalue weighted by atomic mass is 32.2. The number of hydrogen-bond donors (Lipinski definition) is 1. The van der Waals surface area contributed by atoms with Crippen LogP contribution in [-0.4, -0.2) is 50.9 Å². The molecule has 1 fully saturated rings. The maximum atomic E-state index is 13.5. The van der Waals surface area contributed by atoms with Gasteiger partial charge in [-0.05, 0) is 62.2 Å². The molecule has 0 spiro atoms. The van der Waals surface area contributed by atoms with Crippen molar-refractivity contribution in [1.29, 1.82) is 5.26 Å². The van der Waals surface area contributed by atoms with Crippen LogP contribution in [0.5, 0.6) is 0 Å². The fourth-order valence-corrected chi connectivity index (χ4v) is 7.07. The predicted octanol–water partition coefficient (Wildman–Crippen LogP) is 4.67. The van der Waals surface area contributed by atoms with Crippen LogP contribution < -0.4 is 10.9 Å². The number of nitriles is 1. The summed E-state index contributed by atoms with van der Waals surface area (Å²) < 4.78 is 32.9. The smallest absolute Gasteiger partial charge is 0.295 e. The normalized spacial score (nSPS) is 13.9. The molecule has 11 nitrogen and oxygen atoms in total. The summed E-state index contributed by atoms with van der Waals surface area (Å²) in [5.41, 5.74) is 2.52. The summed E-state index contributed by atoms with van der Waals surface area (Å²) in [5.74, 6) is -0.766. The molecule has 6 rings (SSSR count). The van der Waals surface area contributed by atoms with Crippen LogP contribution in [0.4, 0.5) is 5.69 Å². The van der Waals surface area contributed by atoms with E-state index in [1.807, 2.05) is 54.6 Å². The molecule has 3 heterocycles. The number of rotatable bonds is 8. The highest BCUT2D eigenvalue weighted by Crippen LogP contribution is 2.30. The maximum Gasteiger partial charge on any atom is 0.295 e. The minimum atomic E-state index is -3.70. The van der Waals surface area contributed by atoms with Gasteiger partial charge >= 0.3 is 0 Å². The number of para-hydroxylation sites is 2. The van der Waals surface area contributed by atoms with Crippen LogP contribution in [0.3, 0.4) is 0 Å². The van der Waals surface area contributed by atoms with Crippen molar-refractivity contribution in [3.63, 3.8) is 0 Å². The van der Waals surface area contributed by atoms with Gasteiger partial charge in [0.15, 0.2) is 0 Å². The Balaban J connectivity index is 1.40. The van der Waals surface area contributed by atoms with E-state index in [9.17, 15) is 23.3 Å². The Hall–Kier alpha value is -5.51. The van der Waals surface area contributed by atoms with E-state index in [0.717, 1.165) is 18.5 Å². The highest BCUT2D eigenvalue weighted by molar-refractivity contribution is 7.89. The zero-order valence-corrected chi connectivity index (χ0v) is 26.1. The van der Waals surface area contributed by atoms with Crippen molar-refractivity contribution in [2.45, 2.75) is 24.7 Å². The third-order valence-corrected chi connectivity index (χ3v) is 9.93. The van der Waals surface area contributed by atoms with Crippen molar-refractivity contribution in [2.75, 3.05) is 18.4 Å². The molecule has 46 heavy (non-hydrogen) atoms. The van der Waals surface area contributed by atoms with Crippen LogP contribution in [-0.2, 0) is 21.9 Å². The van der Waals surface area contributed by atoms with Crippen molar-refractivity contribution < 1.29 is 13.2 Å². The largest absolute Gasteiger partial charge is 0.315 e. The lowest BCUT2D eigenvalue weighted by molar-refractivity contribution is -0.112. The molecule has 2 aromatic heterocycles. The molecule has 1 aliphatic rings. The van der Waals surface area contributed by atoms with Gasteiger partial charge in [-0.15, -0.1) is 0 Å². The third-order valence-electron chi connectivity index (χ3n) is 8.03. The number of aromatic nitrogens is 4. The molecule has 5 aromatic rings. The lowest BCUT2D eigenvalue weighted by Crippen LogP contribution is -2.27. The summed E-state index contributed by atoms with van der Waals surface area (Å²) in [5, 5.41) is 17.5. The van der Waals surface area contributed by atoms with Crippen LogP contribution in [0.25, 0.3) is 28.7 Å². The predicted molar refractivity (Wildman–Crippen MR) is 175 cm³/mol. The van der Waals surface area contributed by atoms with E-state index in [1.54, 1.807) is 65.9 Å². The summed E-state index contributed by atoms with van der Waals surface area (Å²) in [6, 6.07) is 26.8. The first-order valence-electron chi connectivity index (χ1n) is 14.7. The number of carbonyl (C=O) groups is 1. The third kappa shape index (κ3) is 5.69. The summed E-state index contributed by atoms with van der Waals surface area (Å²) in [7, 11) is -1.99. The van der Waals surface area contributed by atoms with Crippen LogP contribution in [0.2, 0.25) is 0 Å². The zero-order valence-electron chi connectivity index (χ0n) is 25.3. The quantitative estimate of drug-likeness (QED) is 0.195. The molecule has 1 N–H and O–H groups in total. The average Bonchev–Trinajstić information content (AvgIpc) is 3.82. The van der Waals surface area contributed by atoms with Gasteiger partial charge in [-0.1, -0.05) is 48.5 Å². The standard InChI is InChI=1S/C34H31N7O4S/c1-24-31(34(43)41(38(24)2)29-15-7-4-8-16-29)36-33(42)26(22-35)20-27-23-40(28-13-5-3-6-14-28)37-32(27)25-12-11-17-30(21-25)46(44,45)39-18-9-10-19-39/h3-8,11-17,20-21,23H,9-10,18-19H2,1-2H3,(H,36,42)/b26-20-. The molecule has 12 heteroatoms. The molecule has 0 aliphatic carbocycles. The van der Waals surface area contributed by atoms with Gasteiger partial charge in [0.2, 0.25) is 10.0 Å². The molecule has 0 bridgehead atoms. The van der Waals surface area contributed by atoms with E-state index < -0.39 is 21.5 Å². The first-order chi connectivity index (χ1) is 22.2. The van der Waals surface area contributed by atoms with Gasteiger partial charge < -0.3 is 5.32 Å². The fourth-order valence-electron chi connectivity index (χ4n) is 5.51. The lowest BCUT2D eigenvalue weighted by Gasteiger charge is -2.16. The van der Waals surface area contributed by atoms with E-state index in [-0.39, 0.29) is 16.2 Å². The molecule has 0 atom stereocenters. The van der Waals surface area contributed by atoms with Gasteiger partial charge in [-0.25, -0.2) is 17.8 Å². The molecule has 232 valence electrons. The van der Waals surface area contributed by atoms with Gasteiger partial charge in [0.1, 0.15) is 23.0 Å². The number of nitrogens with zero attached hydrogens (tertiary/aromatic N) is 6. The second-order valence-corrected chi connectivity index (χ2v) is 12.9. The Morgan fingerprint density at radius 1 is 0.957 bits per heavy atom. The van der Waals surface area contributed by atoms with Crippen LogP contribution >= 0.6 is 0 Å². The summed E-state index contributed by atoms with van der Waals surface area (Å²) in [6.07, 6.45) is 4.70. The van der Waals surface area contributed by atoms with Crippen LogP contribution in [0.15, 0.2) is 106 Å². The van der Waals surface area contributed by atoms with Crippen molar-refractivity contribution in [3.05, 3.63) is 118 Å². The Bertz CT molecular complexity index is 2170. The van der Waals surface area contributed by atoms with Gasteiger partial charge in [0.05, 0.1) is 22.0 Å². The van der Waals surface area contributed by atoms with Crippen molar-refractivity contribution in [1.82, 2.24) is 23.4 Å². The SMILES string of the molecule is Cc1c(NC(=O)/C(C#N)=C\c2cn(-c3ccccc3)nc2-c2cccc(S(=O)(=O)N3CCCC3)c2)c(=O)n(-c2ccccc2)n1C. The molecule has 1 aliphatic heterocycles. The topological polar surface area (TPSA) is 135 Å². The van der Waals surface area contributed by atoms with E-state index in [1.165, 1.54) is 15.1 Å². The fraction of sp³-hybridized carbons (Fsp3) is 0.176. The van der Waals surface area contributed by atoms with E-state index >= 15 is 0 Å². The second-order valence-electron chi connectivity index (χ2n) is 10.9. The molecule has 0 saturated carbocycles. The van der Waals surface area contributed by atoms with E-state index in [2.05, 4.69) is 5.32 Å². The summed E-state index contributed by atoms with van der Waals surface area (Å²) in [4.78, 5) is 27.0. The van der Waals surface area contributed by atoms with Crippen molar-refractivity contribution >= 4 is 27.7 Å². The molecule has 1 saturated heterocycles. The average molecular weight is 634 g/mol. The number of carbonyl (C=O) groups excluding carboxylic acids is 1. The molecule has 0 unspecified atom stereocenters. The molecular weight excluding hydrogens is 602 g/mol. The van der Waals surface area contributed by atoms with E-state index in [4.69, 9.17) is 5.10 Å². The number of sulfonamides is 1. The van der Waals surface area contributed by atoms with E-state index in [0.29, 0.717) is 41.3 Å². The number of amides is 1. The maximum absolute atomic E-state index is 13.5. The summed E-state index contributed by atoms with van der Waals surface area (Å²) in [6.45, 7) is 2.65. The Labute approximate surface area is 266 Å². The van der Waals surface area contributed by atoms with Gasteiger partial charge in [-0.3, -0.25) is 14.3 Å². The van der Waals surface area contributed by atoms with Crippen LogP contribution in [0, 0.1) is 18.3 Å². The first kappa shape index (κ1) is 30.5. The molecule has 0 radical (unpaired) electrons. The van der Waals surface area contributed by atoms with Crippen molar-refractivity contribution in [3.8, 4) is 28.7 Å². The van der Waals surface area contributed by atoms with Gasteiger partial charge in [-0.2, -0.15) is 14.7 Å². The lowest BCUT2D eigenvalue weighted by atomic mass is 10.1. The monoisotopic (exact) mass is 633 g/mol. The first-order valence-corrected chi connectivity index (χ1v) is 16.2. The van der Waals surface area contributed by atoms with Gasteiger partial charge in [0.25, 0.3) is 11.5 Å². The molecule has 3 aromatic carbocycles. The number of benzene rings is 3. The van der Waals surface area contributed by atoms with Crippen LogP contribution in [0.1, 0.15) is 24.1 Å². The number of nitrogens with one attached hydrogen (secondary N) is 1. The number of hydrogen-bond acceptors (Lipinski definition) is 6. The minimum Gasteiger partial charge on any atom is -0.315 e. The number of anilines is 1. The Morgan fingerprint density at radius 2 is 1.61 bits per heavy atom. The second kappa shape index (κ2) is 12.5. The van der Waals surface area contributed by atoms with Crippen molar-refractivity contribution in [2.24, 2.45) is 7.05 Å². The highest BCUT2D eigenvalue weighted by Gasteiger charge is 2.28. The summed E-state index contributed by atoms with van der Waals surface area (Å²) >= 11 is 0. The molecular formula is C34H31N7O4S.